The van der Waals surface area contributed by atoms with E-state index < -0.39 is 25.3 Å². The first kappa shape index (κ1) is 16.6. The second-order valence-corrected chi connectivity index (χ2v) is 3.96. The van der Waals surface area contributed by atoms with Crippen LogP contribution in [0.4, 0.5) is 0 Å². The number of rotatable bonds is 3. The molecule has 0 aromatic carbocycles. The molecule has 0 saturated carbocycles. The van der Waals surface area contributed by atoms with Gasteiger partial charge >= 0.3 is 13.6 Å². The zero-order valence-corrected chi connectivity index (χ0v) is 10.5. The van der Waals surface area contributed by atoms with Crippen molar-refractivity contribution in [2.75, 3.05) is 7.05 Å². The molecule has 0 aliphatic rings. The first-order valence-corrected chi connectivity index (χ1v) is 4.71. The van der Waals surface area contributed by atoms with E-state index in [1.165, 1.54) is 0 Å². The second-order valence-electron chi connectivity index (χ2n) is 2.30. The van der Waals surface area contributed by atoms with Crippen LogP contribution in [-0.4, -0.2) is 82.3 Å². The predicted octanol–water partition coefficient (Wildman–Crippen LogP) is -1.98. The standard InChI is InChI=1S/C4H10N3O5P.Ca/c1-7(4(5)6)2(3(8)9)13(10,11)12;/h2H,1H3,(H3,5,6)(H,8,9)(H2,10,11,12);. The summed E-state index contributed by atoms with van der Waals surface area (Å²) in [6.07, 6.45) is 0. The number of likely N-dealkylation sites (N-methyl/N-ethyl adjacent to an activating group) is 1. The summed E-state index contributed by atoms with van der Waals surface area (Å²) in [5.41, 5.74) is 4.87. The van der Waals surface area contributed by atoms with E-state index in [1.54, 1.807) is 0 Å². The average Bonchev–Trinajstić information content (AvgIpc) is 1.82. The van der Waals surface area contributed by atoms with Crippen molar-refractivity contribution in [3.8, 4) is 0 Å². The van der Waals surface area contributed by atoms with E-state index >= 15 is 0 Å². The van der Waals surface area contributed by atoms with Crippen molar-refractivity contribution in [1.82, 2.24) is 4.90 Å². The van der Waals surface area contributed by atoms with Crippen LogP contribution in [0.5, 0.6) is 0 Å². The van der Waals surface area contributed by atoms with Gasteiger partial charge in [-0.2, -0.15) is 0 Å². The van der Waals surface area contributed by atoms with Gasteiger partial charge in [0.05, 0.1) is 0 Å². The third-order valence-electron chi connectivity index (χ3n) is 1.29. The molecule has 0 aromatic heterocycles. The summed E-state index contributed by atoms with van der Waals surface area (Å²) in [5, 5.41) is 15.2. The van der Waals surface area contributed by atoms with Crippen molar-refractivity contribution in [1.29, 1.82) is 5.41 Å². The Labute approximate surface area is 110 Å². The quantitative estimate of drug-likeness (QED) is 0.169. The number of guanidine groups is 1. The molecule has 1 unspecified atom stereocenters. The average molecular weight is 251 g/mol. The molecule has 0 aliphatic heterocycles. The summed E-state index contributed by atoms with van der Waals surface area (Å²) >= 11 is 0. The molecule has 0 heterocycles. The van der Waals surface area contributed by atoms with Gasteiger partial charge in [0.15, 0.2) is 5.96 Å². The number of carboxylic acid groups (broad SMARTS) is 1. The first-order valence-electron chi connectivity index (χ1n) is 3.02. The van der Waals surface area contributed by atoms with Crippen molar-refractivity contribution in [3.05, 3.63) is 0 Å². The number of nitrogens with one attached hydrogen (secondary N) is 1. The van der Waals surface area contributed by atoms with Crippen molar-refractivity contribution in [3.63, 3.8) is 0 Å². The molecule has 6 N–H and O–H groups in total. The van der Waals surface area contributed by atoms with Gasteiger partial charge < -0.3 is 25.5 Å². The van der Waals surface area contributed by atoms with Crippen LogP contribution in [0.3, 0.4) is 0 Å². The summed E-state index contributed by atoms with van der Waals surface area (Å²) in [7, 11) is -3.82. The summed E-state index contributed by atoms with van der Waals surface area (Å²) in [6, 6.07) is 0. The molecule has 0 bridgehead atoms. The molecule has 8 nitrogen and oxygen atoms in total. The van der Waals surface area contributed by atoms with Crippen LogP contribution in [0.2, 0.25) is 0 Å². The maximum Gasteiger partial charge on any atom is 0.359 e. The molecular formula is C4H10CaN3O5P. The van der Waals surface area contributed by atoms with Gasteiger partial charge in [0, 0.05) is 44.8 Å². The van der Waals surface area contributed by atoms with E-state index in [-0.39, 0.29) is 37.7 Å². The summed E-state index contributed by atoms with van der Waals surface area (Å²) in [6.45, 7) is 0. The van der Waals surface area contributed by atoms with Crippen LogP contribution in [0, 0.1) is 5.41 Å². The van der Waals surface area contributed by atoms with Crippen LogP contribution in [0.25, 0.3) is 0 Å². The number of hydrogen-bond donors (Lipinski definition) is 5. The maximum atomic E-state index is 10.6. The van der Waals surface area contributed by atoms with Gasteiger partial charge in [-0.25, -0.2) is 4.79 Å². The Morgan fingerprint density at radius 1 is 1.57 bits per heavy atom. The minimum atomic E-state index is -4.84. The number of carbonyl (C=O) groups is 1. The van der Waals surface area contributed by atoms with E-state index in [0.29, 0.717) is 4.90 Å². The molecule has 0 rings (SSSR count). The number of nitrogens with zero attached hydrogens (tertiary/aromatic N) is 1. The SMILES string of the molecule is CN(C(=N)N)C(C(=O)O)P(=O)(O)O.[Ca]. The molecule has 0 saturated heterocycles. The molecule has 14 heavy (non-hydrogen) atoms. The summed E-state index contributed by atoms with van der Waals surface area (Å²) < 4.78 is 10.6. The van der Waals surface area contributed by atoms with Gasteiger partial charge in [-0.05, 0) is 0 Å². The summed E-state index contributed by atoms with van der Waals surface area (Å²) in [5.74, 6) is -4.56. The number of hydrogen-bond acceptors (Lipinski definition) is 3. The summed E-state index contributed by atoms with van der Waals surface area (Å²) in [4.78, 5) is 28.1. The Kier molecular flexibility index (Phi) is 6.98. The Balaban J connectivity index is 0. The van der Waals surface area contributed by atoms with E-state index in [0.717, 1.165) is 7.05 Å². The van der Waals surface area contributed by atoms with E-state index in [2.05, 4.69) is 0 Å². The minimum absolute atomic E-state index is 0. The smallest absolute Gasteiger partial charge is 0.359 e. The van der Waals surface area contributed by atoms with Crippen LogP contribution in [-0.2, 0) is 9.36 Å². The molecular weight excluding hydrogens is 241 g/mol. The third kappa shape index (κ3) is 4.59. The monoisotopic (exact) mass is 251 g/mol. The molecule has 0 spiro atoms. The van der Waals surface area contributed by atoms with Gasteiger partial charge in [0.1, 0.15) is 0 Å². The Bertz CT molecular complexity index is 278. The Morgan fingerprint density at radius 3 is 2.00 bits per heavy atom. The van der Waals surface area contributed by atoms with Crippen molar-refractivity contribution in [2.24, 2.45) is 5.73 Å². The fraction of sp³-hybridized carbons (Fsp3) is 0.500. The van der Waals surface area contributed by atoms with Crippen LogP contribution in [0.1, 0.15) is 0 Å². The minimum Gasteiger partial charge on any atom is -0.479 e. The van der Waals surface area contributed by atoms with Gasteiger partial charge in [-0.15, -0.1) is 0 Å². The van der Waals surface area contributed by atoms with Gasteiger partial charge in [-0.1, -0.05) is 0 Å². The van der Waals surface area contributed by atoms with Gasteiger partial charge in [0.25, 0.3) is 0 Å². The Morgan fingerprint density at radius 2 is 1.93 bits per heavy atom. The Hall–Kier alpha value is 0.150. The van der Waals surface area contributed by atoms with Crippen molar-refractivity contribution >= 4 is 57.3 Å². The molecule has 0 aliphatic carbocycles. The van der Waals surface area contributed by atoms with Crippen LogP contribution < -0.4 is 5.73 Å². The molecule has 0 aromatic rings. The van der Waals surface area contributed by atoms with Gasteiger partial charge in [-0.3, -0.25) is 9.97 Å². The third-order valence-corrected chi connectivity index (χ3v) is 2.49. The van der Waals surface area contributed by atoms with Gasteiger partial charge in [0.2, 0.25) is 5.78 Å². The maximum absolute atomic E-state index is 10.6. The fourth-order valence-corrected chi connectivity index (χ4v) is 1.53. The number of aliphatic carboxylic acids is 1. The second kappa shape index (κ2) is 5.89. The van der Waals surface area contributed by atoms with E-state index in [9.17, 15) is 9.36 Å². The zero-order valence-electron chi connectivity index (χ0n) is 7.41. The molecule has 10 heteroatoms. The molecule has 1 atom stereocenters. The predicted molar refractivity (Wildman–Crippen MR) is 48.9 cm³/mol. The van der Waals surface area contributed by atoms with E-state index in [4.69, 9.17) is 26.0 Å². The molecule has 2 radical (unpaired) electrons. The number of nitrogens with two attached hydrogens (primary N) is 1. The van der Waals surface area contributed by atoms with Crippen LogP contribution >= 0.6 is 7.60 Å². The normalized spacial score (nSPS) is 12.5. The molecule has 0 amide bonds. The first-order chi connectivity index (χ1) is 5.68. The molecule has 78 valence electrons. The topological polar surface area (TPSA) is 148 Å². The fourth-order valence-electron chi connectivity index (χ4n) is 0.667. The van der Waals surface area contributed by atoms with Crippen molar-refractivity contribution in [2.45, 2.75) is 5.78 Å². The van der Waals surface area contributed by atoms with Crippen molar-refractivity contribution < 1.29 is 24.3 Å². The zero-order chi connectivity index (χ0) is 10.8. The van der Waals surface area contributed by atoms with E-state index in [1.807, 2.05) is 0 Å². The molecule has 0 fully saturated rings. The largest absolute Gasteiger partial charge is 0.479 e. The van der Waals surface area contributed by atoms with Crippen LogP contribution in [0.15, 0.2) is 0 Å². The number of carboxylic acids is 1.